The zero-order valence-corrected chi connectivity index (χ0v) is 15.9. The van der Waals surface area contributed by atoms with Crippen LogP contribution in [0.5, 0.6) is 0 Å². The van der Waals surface area contributed by atoms with E-state index in [-0.39, 0.29) is 5.82 Å². The van der Waals surface area contributed by atoms with Crippen LogP contribution in [0.2, 0.25) is 0 Å². The van der Waals surface area contributed by atoms with Crippen molar-refractivity contribution in [1.29, 1.82) is 0 Å². The molecule has 0 radical (unpaired) electrons. The second-order valence-corrected chi connectivity index (χ2v) is 6.71. The Morgan fingerprint density at radius 2 is 1.59 bits per heavy atom. The quantitative estimate of drug-likeness (QED) is 0.434. The second kappa shape index (κ2) is 9.06. The number of nitrogens with zero attached hydrogens (tertiary/aromatic N) is 3. The van der Waals surface area contributed by atoms with Gasteiger partial charge in [-0.25, -0.2) is 14.4 Å². The number of pyridine rings is 1. The molecule has 0 unspecified atom stereocenters. The summed E-state index contributed by atoms with van der Waals surface area (Å²) in [6.07, 6.45) is 7.24. The molecule has 0 bridgehead atoms. The normalized spacial score (nSPS) is 10.7. The first kappa shape index (κ1) is 18.7. The maximum atomic E-state index is 13.3. The third-order valence-electron chi connectivity index (χ3n) is 4.67. The van der Waals surface area contributed by atoms with E-state index in [1.807, 2.05) is 18.2 Å². The van der Waals surface area contributed by atoms with Crippen molar-refractivity contribution >= 4 is 5.95 Å². The Bertz CT molecular complexity index is 1050. The van der Waals surface area contributed by atoms with Gasteiger partial charge in [0.1, 0.15) is 5.82 Å². The first-order valence-corrected chi connectivity index (χ1v) is 9.61. The number of benzene rings is 2. The van der Waals surface area contributed by atoms with Crippen molar-refractivity contribution in [1.82, 2.24) is 15.0 Å². The van der Waals surface area contributed by atoms with Gasteiger partial charge in [0.15, 0.2) is 0 Å². The van der Waals surface area contributed by atoms with E-state index in [0.29, 0.717) is 5.95 Å². The smallest absolute Gasteiger partial charge is 0.223 e. The van der Waals surface area contributed by atoms with Crippen LogP contribution < -0.4 is 5.32 Å². The third kappa shape index (κ3) is 4.82. The van der Waals surface area contributed by atoms with Gasteiger partial charge in [0.2, 0.25) is 5.95 Å². The van der Waals surface area contributed by atoms with E-state index >= 15 is 0 Å². The predicted octanol–water partition coefficient (Wildman–Crippen LogP) is 5.39. The van der Waals surface area contributed by atoms with Crippen LogP contribution in [0, 0.1) is 5.82 Å². The largest absolute Gasteiger partial charge is 0.354 e. The van der Waals surface area contributed by atoms with Gasteiger partial charge < -0.3 is 5.32 Å². The minimum atomic E-state index is -0.267. The van der Waals surface area contributed by atoms with Crippen molar-refractivity contribution in [2.45, 2.75) is 12.8 Å². The molecule has 0 spiro atoms. The summed E-state index contributed by atoms with van der Waals surface area (Å²) in [5.74, 6) is 0.313. The van der Waals surface area contributed by atoms with Crippen LogP contribution in [0.1, 0.15) is 12.0 Å². The number of anilines is 1. The zero-order chi connectivity index (χ0) is 19.9. The van der Waals surface area contributed by atoms with E-state index in [0.717, 1.165) is 41.8 Å². The lowest BCUT2D eigenvalue weighted by atomic mass is 10.0. The summed E-state index contributed by atoms with van der Waals surface area (Å²) in [7, 11) is 0. The molecular formula is C24H21FN4. The van der Waals surface area contributed by atoms with E-state index in [2.05, 4.69) is 39.6 Å². The van der Waals surface area contributed by atoms with Crippen molar-refractivity contribution in [3.05, 3.63) is 96.7 Å². The van der Waals surface area contributed by atoms with E-state index in [1.54, 1.807) is 30.7 Å². The van der Waals surface area contributed by atoms with E-state index < -0.39 is 0 Å². The molecule has 5 heteroatoms. The Kier molecular flexibility index (Phi) is 5.86. The molecule has 4 rings (SSSR count). The molecular weight excluding hydrogens is 363 g/mol. The lowest BCUT2D eigenvalue weighted by Gasteiger charge is -2.12. The number of nitrogens with one attached hydrogen (secondary N) is 1. The monoisotopic (exact) mass is 384 g/mol. The van der Waals surface area contributed by atoms with Crippen molar-refractivity contribution < 1.29 is 4.39 Å². The Hall–Kier alpha value is -3.60. The molecule has 29 heavy (non-hydrogen) atoms. The molecule has 0 amide bonds. The highest BCUT2D eigenvalue weighted by molar-refractivity contribution is 5.80. The first-order chi connectivity index (χ1) is 14.3. The van der Waals surface area contributed by atoms with Crippen molar-refractivity contribution in [3.63, 3.8) is 0 Å². The molecule has 0 saturated carbocycles. The fraction of sp³-hybridized carbons (Fsp3) is 0.125. The lowest BCUT2D eigenvalue weighted by Crippen LogP contribution is -2.07. The molecule has 0 aliphatic carbocycles. The van der Waals surface area contributed by atoms with Crippen LogP contribution in [-0.4, -0.2) is 21.5 Å². The molecule has 2 aromatic heterocycles. The maximum absolute atomic E-state index is 13.3. The molecule has 0 aliphatic rings. The van der Waals surface area contributed by atoms with Crippen LogP contribution in [0.25, 0.3) is 22.4 Å². The van der Waals surface area contributed by atoms with Crippen LogP contribution >= 0.6 is 0 Å². The van der Waals surface area contributed by atoms with Crippen molar-refractivity contribution in [2.75, 3.05) is 11.9 Å². The maximum Gasteiger partial charge on any atom is 0.223 e. The molecule has 144 valence electrons. The molecule has 2 heterocycles. The Morgan fingerprint density at radius 3 is 2.34 bits per heavy atom. The van der Waals surface area contributed by atoms with Gasteiger partial charge in [0.25, 0.3) is 0 Å². The Labute approximate surface area is 169 Å². The minimum absolute atomic E-state index is 0.267. The molecule has 0 atom stereocenters. The highest BCUT2D eigenvalue weighted by Crippen LogP contribution is 2.30. The SMILES string of the molecule is Fc1ccc(-c2cnc(NCCCc3ccccc3)nc2-c2ccncc2)cc1. The molecule has 0 aliphatic heterocycles. The molecule has 4 nitrogen and oxygen atoms in total. The Morgan fingerprint density at radius 1 is 0.828 bits per heavy atom. The molecule has 0 fully saturated rings. The number of halogens is 1. The predicted molar refractivity (Wildman–Crippen MR) is 114 cm³/mol. The molecule has 4 aromatic rings. The number of rotatable bonds is 7. The number of hydrogen-bond donors (Lipinski definition) is 1. The van der Waals surface area contributed by atoms with Gasteiger partial charge in [0.05, 0.1) is 5.69 Å². The number of aromatic nitrogens is 3. The van der Waals surface area contributed by atoms with Gasteiger partial charge in [-0.15, -0.1) is 0 Å². The summed E-state index contributed by atoms with van der Waals surface area (Å²) in [5.41, 5.74) is 4.77. The fourth-order valence-corrected chi connectivity index (χ4v) is 3.17. The summed E-state index contributed by atoms with van der Waals surface area (Å²) in [6, 6.07) is 20.6. The fourth-order valence-electron chi connectivity index (χ4n) is 3.17. The lowest BCUT2D eigenvalue weighted by molar-refractivity contribution is 0.628. The Balaban J connectivity index is 1.54. The van der Waals surface area contributed by atoms with Crippen LogP contribution in [-0.2, 0) is 6.42 Å². The van der Waals surface area contributed by atoms with Gasteiger partial charge in [-0.3, -0.25) is 4.98 Å². The molecule has 0 saturated heterocycles. The summed E-state index contributed by atoms with van der Waals surface area (Å²) in [6.45, 7) is 0.778. The van der Waals surface area contributed by atoms with E-state index in [9.17, 15) is 4.39 Å². The second-order valence-electron chi connectivity index (χ2n) is 6.71. The zero-order valence-electron chi connectivity index (χ0n) is 15.9. The van der Waals surface area contributed by atoms with Gasteiger partial charge >= 0.3 is 0 Å². The van der Waals surface area contributed by atoms with Gasteiger partial charge in [-0.05, 0) is 48.2 Å². The van der Waals surface area contributed by atoms with E-state index in [1.165, 1.54) is 17.7 Å². The summed E-state index contributed by atoms with van der Waals surface area (Å²) >= 11 is 0. The minimum Gasteiger partial charge on any atom is -0.354 e. The van der Waals surface area contributed by atoms with Crippen LogP contribution in [0.4, 0.5) is 10.3 Å². The summed E-state index contributed by atoms with van der Waals surface area (Å²) < 4.78 is 13.3. The topological polar surface area (TPSA) is 50.7 Å². The number of hydrogen-bond acceptors (Lipinski definition) is 4. The van der Waals surface area contributed by atoms with Gasteiger partial charge in [-0.2, -0.15) is 0 Å². The van der Waals surface area contributed by atoms with Crippen molar-refractivity contribution in [2.24, 2.45) is 0 Å². The summed E-state index contributed by atoms with van der Waals surface area (Å²) in [5, 5.41) is 3.32. The number of aryl methyl sites for hydroxylation is 1. The van der Waals surface area contributed by atoms with Crippen LogP contribution in [0.15, 0.2) is 85.3 Å². The van der Waals surface area contributed by atoms with Crippen molar-refractivity contribution in [3.8, 4) is 22.4 Å². The summed E-state index contributed by atoms with van der Waals surface area (Å²) in [4.78, 5) is 13.3. The van der Waals surface area contributed by atoms with E-state index in [4.69, 9.17) is 4.98 Å². The van der Waals surface area contributed by atoms with Gasteiger partial charge in [-0.1, -0.05) is 42.5 Å². The first-order valence-electron chi connectivity index (χ1n) is 9.61. The third-order valence-corrected chi connectivity index (χ3v) is 4.67. The molecule has 2 aromatic carbocycles. The average Bonchev–Trinajstić information content (AvgIpc) is 2.79. The highest BCUT2D eigenvalue weighted by atomic mass is 19.1. The average molecular weight is 384 g/mol. The standard InChI is InChI=1S/C24H21FN4/c25-21-10-8-19(9-11-21)22-17-28-24(29-23(22)20-12-15-26-16-13-20)27-14-4-7-18-5-2-1-3-6-18/h1-3,5-6,8-13,15-17H,4,7,14H2,(H,27,28,29). The van der Waals surface area contributed by atoms with Crippen LogP contribution in [0.3, 0.4) is 0 Å². The molecule has 1 N–H and O–H groups in total. The highest BCUT2D eigenvalue weighted by Gasteiger charge is 2.12. The van der Waals surface area contributed by atoms with Gasteiger partial charge in [0, 0.05) is 36.3 Å².